The van der Waals surface area contributed by atoms with E-state index < -0.39 is 0 Å². The predicted octanol–water partition coefficient (Wildman–Crippen LogP) is 1.36. The number of carbonyl (C=O) groups excluding carboxylic acids is 1. The van der Waals surface area contributed by atoms with E-state index in [4.69, 9.17) is 18.0 Å². The van der Waals surface area contributed by atoms with Gasteiger partial charge < -0.3 is 10.6 Å². The molecule has 1 saturated heterocycles. The number of primary amides is 1. The number of hydrogen-bond donors (Lipinski definition) is 1. The first-order chi connectivity index (χ1) is 8.16. The number of carbonyl (C=O) groups is 1. The molecule has 6 heteroatoms. The Morgan fingerprint density at radius 2 is 2.12 bits per heavy atom. The number of thioether (sulfide) groups is 1. The number of amides is 1. The molecule has 96 valence electrons. The molecule has 2 N–H and O–H groups in total. The van der Waals surface area contributed by atoms with Gasteiger partial charge >= 0.3 is 0 Å². The van der Waals surface area contributed by atoms with Crippen LogP contribution in [0.5, 0.6) is 0 Å². The molecule has 0 bridgehead atoms. The van der Waals surface area contributed by atoms with E-state index in [1.807, 2.05) is 0 Å². The van der Waals surface area contributed by atoms with Crippen LogP contribution in [-0.4, -0.2) is 45.2 Å². The van der Waals surface area contributed by atoms with Crippen molar-refractivity contribution in [3.05, 3.63) is 0 Å². The average molecular weight is 273 g/mol. The molecule has 2 rings (SSSR count). The molecule has 0 aromatic rings. The maximum Gasteiger partial charge on any atom is 0.231 e. The lowest BCUT2D eigenvalue weighted by atomic mass is 9.95. The van der Waals surface area contributed by atoms with Gasteiger partial charge in [-0.3, -0.25) is 9.69 Å². The van der Waals surface area contributed by atoms with E-state index in [-0.39, 0.29) is 5.91 Å². The van der Waals surface area contributed by atoms with E-state index >= 15 is 0 Å². The zero-order valence-corrected chi connectivity index (χ0v) is 11.6. The van der Waals surface area contributed by atoms with Crippen molar-refractivity contribution in [1.29, 1.82) is 0 Å². The third-order valence-electron chi connectivity index (χ3n) is 3.35. The van der Waals surface area contributed by atoms with E-state index in [0.717, 1.165) is 16.9 Å². The Labute approximate surface area is 112 Å². The quantitative estimate of drug-likeness (QED) is 0.787. The van der Waals surface area contributed by atoms with Gasteiger partial charge in [-0.2, -0.15) is 0 Å². The lowest BCUT2D eigenvalue weighted by Gasteiger charge is -2.42. The molecule has 0 aromatic carbocycles. The molecule has 2 aliphatic rings. The second-order valence-corrected chi connectivity index (χ2v) is 6.32. The predicted molar refractivity (Wildman–Crippen MR) is 74.5 cm³/mol. The number of nitrogens with zero attached hydrogens (tertiary/aromatic N) is 2. The van der Waals surface area contributed by atoms with E-state index in [9.17, 15) is 4.79 Å². The van der Waals surface area contributed by atoms with Gasteiger partial charge in [0.05, 0.1) is 19.1 Å². The third-order valence-corrected chi connectivity index (χ3v) is 4.92. The minimum absolute atomic E-state index is 0.262. The molecule has 1 amide bonds. The number of nitrogens with two attached hydrogens (primary N) is 1. The molecule has 1 saturated carbocycles. The second kappa shape index (κ2) is 6.02. The van der Waals surface area contributed by atoms with Crippen LogP contribution < -0.4 is 5.73 Å². The standard InChI is InChI=1S/C11H19N3OS2/c12-10(15)6-13-7-14(11(16)17-8-13)9-4-2-1-3-5-9/h9H,1-8H2,(H2,12,15). The molecule has 1 aliphatic heterocycles. The maximum atomic E-state index is 11.0. The van der Waals surface area contributed by atoms with Crippen LogP contribution in [0.4, 0.5) is 0 Å². The number of thiocarbonyl (C=S) groups is 1. The smallest absolute Gasteiger partial charge is 0.231 e. The normalized spacial score (nSPS) is 24.0. The first-order valence-electron chi connectivity index (χ1n) is 6.11. The summed E-state index contributed by atoms with van der Waals surface area (Å²) in [6.45, 7) is 1.10. The van der Waals surface area contributed by atoms with Gasteiger partial charge in [0.2, 0.25) is 5.91 Å². The van der Waals surface area contributed by atoms with Gasteiger partial charge in [-0.25, -0.2) is 0 Å². The Morgan fingerprint density at radius 1 is 1.41 bits per heavy atom. The molecule has 1 aliphatic carbocycles. The molecule has 0 aromatic heterocycles. The van der Waals surface area contributed by atoms with Gasteiger partial charge in [0.1, 0.15) is 4.32 Å². The zero-order valence-electron chi connectivity index (χ0n) is 9.93. The monoisotopic (exact) mass is 273 g/mol. The summed E-state index contributed by atoms with van der Waals surface area (Å²) in [4.78, 5) is 15.3. The average Bonchev–Trinajstić information content (AvgIpc) is 2.32. The first kappa shape index (κ1) is 13.1. The highest BCUT2D eigenvalue weighted by molar-refractivity contribution is 8.22. The molecule has 0 spiro atoms. The molecule has 0 radical (unpaired) electrons. The highest BCUT2D eigenvalue weighted by atomic mass is 32.2. The van der Waals surface area contributed by atoms with E-state index in [1.165, 1.54) is 32.1 Å². The van der Waals surface area contributed by atoms with Crippen LogP contribution in [-0.2, 0) is 4.79 Å². The van der Waals surface area contributed by atoms with Crippen LogP contribution in [0.3, 0.4) is 0 Å². The van der Waals surface area contributed by atoms with Gasteiger partial charge in [0, 0.05) is 6.04 Å². The topological polar surface area (TPSA) is 49.6 Å². The minimum atomic E-state index is -0.262. The van der Waals surface area contributed by atoms with Crippen molar-refractivity contribution in [3.63, 3.8) is 0 Å². The van der Waals surface area contributed by atoms with E-state index in [2.05, 4.69) is 9.80 Å². The van der Waals surface area contributed by atoms with Crippen LogP contribution in [0, 0.1) is 0 Å². The van der Waals surface area contributed by atoms with E-state index in [0.29, 0.717) is 12.6 Å². The lowest BCUT2D eigenvalue weighted by molar-refractivity contribution is -0.119. The number of rotatable bonds is 3. The van der Waals surface area contributed by atoms with Crippen molar-refractivity contribution < 1.29 is 4.79 Å². The summed E-state index contributed by atoms with van der Waals surface area (Å²) in [5.41, 5.74) is 5.24. The molecule has 2 fully saturated rings. The van der Waals surface area contributed by atoms with Crippen molar-refractivity contribution in [2.45, 2.75) is 38.1 Å². The summed E-state index contributed by atoms with van der Waals surface area (Å²) in [6.07, 6.45) is 6.39. The summed E-state index contributed by atoms with van der Waals surface area (Å²) in [5.74, 6) is 0.521. The summed E-state index contributed by atoms with van der Waals surface area (Å²) in [5, 5.41) is 0. The molecule has 17 heavy (non-hydrogen) atoms. The highest BCUT2D eigenvalue weighted by Gasteiger charge is 2.29. The second-order valence-electron chi connectivity index (χ2n) is 4.74. The molecular formula is C11H19N3OS2. The fourth-order valence-corrected chi connectivity index (χ4v) is 3.72. The van der Waals surface area contributed by atoms with Crippen LogP contribution in [0.2, 0.25) is 0 Å². The lowest BCUT2D eigenvalue weighted by Crippen LogP contribution is -2.51. The van der Waals surface area contributed by atoms with Gasteiger partial charge in [-0.1, -0.05) is 43.2 Å². The first-order valence-corrected chi connectivity index (χ1v) is 7.50. The van der Waals surface area contributed by atoms with Crippen molar-refractivity contribution in [2.24, 2.45) is 5.73 Å². The van der Waals surface area contributed by atoms with Crippen molar-refractivity contribution in [3.8, 4) is 0 Å². The summed E-state index contributed by atoms with van der Waals surface area (Å²) < 4.78 is 0.984. The van der Waals surface area contributed by atoms with Crippen molar-refractivity contribution >= 4 is 34.2 Å². The molecule has 1 heterocycles. The van der Waals surface area contributed by atoms with Gasteiger partial charge in [0.15, 0.2) is 0 Å². The summed E-state index contributed by atoms with van der Waals surface area (Å²) >= 11 is 7.07. The molecule has 0 unspecified atom stereocenters. The van der Waals surface area contributed by atoms with Crippen LogP contribution in [0.25, 0.3) is 0 Å². The van der Waals surface area contributed by atoms with E-state index in [1.54, 1.807) is 11.8 Å². The Balaban J connectivity index is 1.93. The van der Waals surface area contributed by atoms with Crippen LogP contribution in [0.15, 0.2) is 0 Å². The summed E-state index contributed by atoms with van der Waals surface area (Å²) in [7, 11) is 0. The summed E-state index contributed by atoms with van der Waals surface area (Å²) in [6, 6.07) is 0.569. The Bertz CT molecular complexity index is 305. The molecule has 4 nitrogen and oxygen atoms in total. The minimum Gasteiger partial charge on any atom is -0.369 e. The highest BCUT2D eigenvalue weighted by Crippen LogP contribution is 2.28. The zero-order chi connectivity index (χ0) is 12.3. The fourth-order valence-electron chi connectivity index (χ4n) is 2.52. The van der Waals surface area contributed by atoms with Crippen molar-refractivity contribution in [2.75, 3.05) is 19.1 Å². The largest absolute Gasteiger partial charge is 0.369 e. The molecule has 0 atom stereocenters. The van der Waals surface area contributed by atoms with Crippen molar-refractivity contribution in [1.82, 2.24) is 9.80 Å². The van der Waals surface area contributed by atoms with Gasteiger partial charge in [-0.15, -0.1) is 0 Å². The Morgan fingerprint density at radius 3 is 2.76 bits per heavy atom. The van der Waals surface area contributed by atoms with Gasteiger partial charge in [-0.05, 0) is 12.8 Å². The number of hydrogen-bond acceptors (Lipinski definition) is 4. The van der Waals surface area contributed by atoms with Crippen LogP contribution >= 0.6 is 24.0 Å². The maximum absolute atomic E-state index is 11.0. The SMILES string of the molecule is NC(=O)CN1CSC(=S)N(C2CCCCC2)C1. The van der Waals surface area contributed by atoms with Gasteiger partial charge in [0.25, 0.3) is 0 Å². The Hall–Kier alpha value is -0.330. The van der Waals surface area contributed by atoms with Crippen LogP contribution in [0.1, 0.15) is 32.1 Å². The third kappa shape index (κ3) is 3.56. The fraction of sp³-hybridized carbons (Fsp3) is 0.818. The molecular weight excluding hydrogens is 254 g/mol. The Kier molecular flexibility index (Phi) is 4.64.